The predicted molar refractivity (Wildman–Crippen MR) is 100 cm³/mol. The number of carbonyl (C=O) groups is 1. The van der Waals surface area contributed by atoms with Crippen LogP contribution < -0.4 is 10.6 Å². The van der Waals surface area contributed by atoms with Gasteiger partial charge in [-0.3, -0.25) is 0 Å². The fourth-order valence-electron chi connectivity index (χ4n) is 3.24. The van der Waals surface area contributed by atoms with E-state index in [4.69, 9.17) is 5.73 Å². The zero-order chi connectivity index (χ0) is 17.2. The molecule has 3 aromatic rings. The zero-order valence-corrected chi connectivity index (χ0v) is 13.9. The molecule has 0 unspecified atom stereocenters. The molecule has 5 nitrogen and oxygen atoms in total. The van der Waals surface area contributed by atoms with Crippen LogP contribution in [-0.2, 0) is 0 Å². The van der Waals surface area contributed by atoms with Crippen LogP contribution >= 0.6 is 0 Å². The van der Waals surface area contributed by atoms with Crippen molar-refractivity contribution >= 4 is 34.8 Å². The highest BCUT2D eigenvalue weighted by molar-refractivity contribution is 5.96. The lowest BCUT2D eigenvalue weighted by Crippen LogP contribution is -2.21. The van der Waals surface area contributed by atoms with E-state index in [1.54, 1.807) is 0 Å². The quantitative estimate of drug-likeness (QED) is 0.798. The van der Waals surface area contributed by atoms with E-state index < -0.39 is 6.03 Å². The molecule has 1 aromatic heterocycles. The third-order valence-corrected chi connectivity index (χ3v) is 4.51. The van der Waals surface area contributed by atoms with Crippen molar-refractivity contribution in [3.05, 3.63) is 59.8 Å². The number of nitrogens with two attached hydrogens (primary N) is 1. The average Bonchev–Trinajstić information content (AvgIpc) is 3.28. The van der Waals surface area contributed by atoms with E-state index in [9.17, 15) is 4.79 Å². The summed E-state index contributed by atoms with van der Waals surface area (Å²) in [5.41, 5.74) is 9.01. The SMILES string of the molecule is NC(=O)n1nc(C=Cc2ccccc2)c2c[c]c(N3CCCC3)cc21. The van der Waals surface area contributed by atoms with Crippen molar-refractivity contribution in [2.24, 2.45) is 5.73 Å². The molecule has 1 saturated heterocycles. The summed E-state index contributed by atoms with van der Waals surface area (Å²) in [6.07, 6.45) is 6.25. The second kappa shape index (κ2) is 6.43. The van der Waals surface area contributed by atoms with E-state index in [0.717, 1.165) is 35.2 Å². The first-order chi connectivity index (χ1) is 12.2. The molecule has 25 heavy (non-hydrogen) atoms. The Balaban J connectivity index is 1.77. The van der Waals surface area contributed by atoms with Crippen LogP contribution in [0.3, 0.4) is 0 Å². The molecular formula is C20H19N4O. The molecule has 0 aliphatic carbocycles. The maximum atomic E-state index is 11.8. The summed E-state index contributed by atoms with van der Waals surface area (Å²) in [6, 6.07) is 16.6. The molecule has 1 radical (unpaired) electrons. The molecule has 2 aromatic carbocycles. The molecular weight excluding hydrogens is 312 g/mol. The standard InChI is InChI=1S/C20H19N4O/c21-20(25)24-19-14-16(23-12-4-5-13-23)9-10-17(19)18(22-24)11-8-15-6-2-1-3-7-15/h1-3,6-8,10-11,14H,4-5,12-13H2,(H2,21,25). The highest BCUT2D eigenvalue weighted by atomic mass is 16.2. The van der Waals surface area contributed by atoms with Crippen LogP contribution in [0.2, 0.25) is 0 Å². The molecule has 0 saturated carbocycles. The van der Waals surface area contributed by atoms with Crippen molar-refractivity contribution in [2.45, 2.75) is 12.8 Å². The summed E-state index contributed by atoms with van der Waals surface area (Å²) in [7, 11) is 0. The van der Waals surface area contributed by atoms with Crippen molar-refractivity contribution in [3.63, 3.8) is 0 Å². The van der Waals surface area contributed by atoms with Crippen LogP contribution in [0, 0.1) is 6.07 Å². The normalized spacial score (nSPS) is 14.6. The van der Waals surface area contributed by atoms with Gasteiger partial charge < -0.3 is 10.6 Å². The largest absolute Gasteiger partial charge is 0.371 e. The molecule has 0 atom stereocenters. The fourth-order valence-corrected chi connectivity index (χ4v) is 3.24. The number of primary amides is 1. The van der Waals surface area contributed by atoms with Gasteiger partial charge in [0.25, 0.3) is 0 Å². The summed E-state index contributed by atoms with van der Waals surface area (Å²) in [5, 5.41) is 5.26. The topological polar surface area (TPSA) is 64.2 Å². The first-order valence-electron chi connectivity index (χ1n) is 8.45. The van der Waals surface area contributed by atoms with Gasteiger partial charge in [0.05, 0.1) is 11.2 Å². The Bertz CT molecular complexity index is 937. The third kappa shape index (κ3) is 3.01. The Morgan fingerprint density at radius 2 is 1.92 bits per heavy atom. The fraction of sp³-hybridized carbons (Fsp3) is 0.200. The number of benzene rings is 2. The number of aromatic nitrogens is 2. The Morgan fingerprint density at radius 3 is 2.64 bits per heavy atom. The number of hydrogen-bond acceptors (Lipinski definition) is 3. The number of amides is 1. The van der Waals surface area contributed by atoms with Crippen molar-refractivity contribution in [2.75, 3.05) is 18.0 Å². The van der Waals surface area contributed by atoms with Crippen LogP contribution in [0.1, 0.15) is 24.1 Å². The molecule has 2 N–H and O–H groups in total. The van der Waals surface area contributed by atoms with Gasteiger partial charge in [-0.2, -0.15) is 9.78 Å². The van der Waals surface area contributed by atoms with Crippen molar-refractivity contribution in [3.8, 4) is 0 Å². The van der Waals surface area contributed by atoms with Crippen LogP contribution in [0.4, 0.5) is 10.5 Å². The van der Waals surface area contributed by atoms with E-state index in [0.29, 0.717) is 5.69 Å². The number of fused-ring (bicyclic) bond motifs is 1. The summed E-state index contributed by atoms with van der Waals surface area (Å²) in [6.45, 7) is 2.04. The number of carbonyl (C=O) groups excluding carboxylic acids is 1. The average molecular weight is 331 g/mol. The monoisotopic (exact) mass is 331 g/mol. The van der Waals surface area contributed by atoms with Gasteiger partial charge in [-0.25, -0.2) is 4.79 Å². The minimum Gasteiger partial charge on any atom is -0.371 e. The third-order valence-electron chi connectivity index (χ3n) is 4.51. The maximum absolute atomic E-state index is 11.8. The van der Waals surface area contributed by atoms with Gasteiger partial charge in [-0.15, -0.1) is 0 Å². The minimum atomic E-state index is -0.581. The van der Waals surface area contributed by atoms with Gasteiger partial charge in [0.15, 0.2) is 0 Å². The summed E-state index contributed by atoms with van der Waals surface area (Å²) >= 11 is 0. The maximum Gasteiger partial charge on any atom is 0.340 e. The Labute approximate surface area is 146 Å². The predicted octanol–water partition coefficient (Wildman–Crippen LogP) is 3.53. The van der Waals surface area contributed by atoms with Crippen molar-refractivity contribution in [1.82, 2.24) is 9.78 Å². The van der Waals surface area contributed by atoms with Crippen LogP contribution in [0.5, 0.6) is 0 Å². The minimum absolute atomic E-state index is 0.581. The van der Waals surface area contributed by atoms with Gasteiger partial charge in [-0.1, -0.05) is 36.4 Å². The summed E-state index contributed by atoms with van der Waals surface area (Å²) in [4.78, 5) is 14.1. The number of nitrogens with zero attached hydrogens (tertiary/aromatic N) is 3. The van der Waals surface area contributed by atoms with Crippen LogP contribution in [0.25, 0.3) is 23.1 Å². The van der Waals surface area contributed by atoms with Crippen molar-refractivity contribution in [1.29, 1.82) is 0 Å². The van der Waals surface area contributed by atoms with E-state index in [-0.39, 0.29) is 0 Å². The van der Waals surface area contributed by atoms with Crippen LogP contribution in [-0.4, -0.2) is 28.9 Å². The van der Waals surface area contributed by atoms with Gasteiger partial charge in [0.2, 0.25) is 0 Å². The van der Waals surface area contributed by atoms with Gasteiger partial charge in [-0.05, 0) is 36.6 Å². The second-order valence-electron chi connectivity index (χ2n) is 6.19. The van der Waals surface area contributed by atoms with Crippen LogP contribution in [0.15, 0.2) is 42.5 Å². The first kappa shape index (κ1) is 15.4. The van der Waals surface area contributed by atoms with Crippen molar-refractivity contribution < 1.29 is 4.79 Å². The van der Waals surface area contributed by atoms with E-state index in [1.807, 2.05) is 54.6 Å². The Kier molecular flexibility index (Phi) is 3.98. The van der Waals surface area contributed by atoms with E-state index in [1.165, 1.54) is 17.5 Å². The second-order valence-corrected chi connectivity index (χ2v) is 6.19. The van der Waals surface area contributed by atoms with Gasteiger partial charge in [0.1, 0.15) is 0 Å². The lowest BCUT2D eigenvalue weighted by molar-refractivity contribution is 0.248. The summed E-state index contributed by atoms with van der Waals surface area (Å²) in [5.74, 6) is 0. The van der Waals surface area contributed by atoms with Gasteiger partial charge in [0, 0.05) is 30.2 Å². The number of hydrogen-bond donors (Lipinski definition) is 1. The molecule has 4 rings (SSSR count). The number of anilines is 1. The Hall–Kier alpha value is -3.08. The molecule has 2 heterocycles. The Morgan fingerprint density at radius 1 is 1.16 bits per heavy atom. The summed E-state index contributed by atoms with van der Waals surface area (Å²) < 4.78 is 1.27. The number of rotatable bonds is 3. The highest BCUT2D eigenvalue weighted by Crippen LogP contribution is 2.27. The molecule has 1 aliphatic rings. The van der Waals surface area contributed by atoms with E-state index in [2.05, 4.69) is 16.1 Å². The van der Waals surface area contributed by atoms with E-state index >= 15 is 0 Å². The molecule has 125 valence electrons. The molecule has 5 heteroatoms. The lowest BCUT2D eigenvalue weighted by Gasteiger charge is -2.17. The molecule has 1 aliphatic heterocycles. The molecule has 1 fully saturated rings. The molecule has 0 bridgehead atoms. The smallest absolute Gasteiger partial charge is 0.340 e. The lowest BCUT2D eigenvalue weighted by atomic mass is 10.1. The zero-order valence-electron chi connectivity index (χ0n) is 13.9. The molecule has 0 spiro atoms. The molecule has 1 amide bonds. The highest BCUT2D eigenvalue weighted by Gasteiger charge is 2.17. The first-order valence-corrected chi connectivity index (χ1v) is 8.45. The van der Waals surface area contributed by atoms with Gasteiger partial charge >= 0.3 is 6.03 Å².